The number of carbonyl (C=O) groups is 1. The van der Waals surface area contributed by atoms with E-state index in [9.17, 15) is 4.79 Å². The Balaban J connectivity index is 2.16. The Bertz CT molecular complexity index is 679. The van der Waals surface area contributed by atoms with Crippen LogP contribution in [0.2, 0.25) is 0 Å². The van der Waals surface area contributed by atoms with Gasteiger partial charge in [-0.2, -0.15) is 0 Å². The molecule has 0 heterocycles. The van der Waals surface area contributed by atoms with Crippen molar-refractivity contribution in [1.82, 2.24) is 0 Å². The molecule has 21 heavy (non-hydrogen) atoms. The lowest BCUT2D eigenvalue weighted by Crippen LogP contribution is -1.94. The van der Waals surface area contributed by atoms with Gasteiger partial charge in [0.1, 0.15) is 5.75 Å². The minimum absolute atomic E-state index is 0.0230. The molecular weight excluding hydrogens is 260 g/mol. The lowest BCUT2D eigenvalue weighted by atomic mass is 10.1. The molecule has 0 aliphatic rings. The fourth-order valence-electron chi connectivity index (χ4n) is 1.99. The van der Waals surface area contributed by atoms with Gasteiger partial charge in [-0.3, -0.25) is 4.79 Å². The van der Waals surface area contributed by atoms with E-state index in [1.165, 1.54) is 0 Å². The van der Waals surface area contributed by atoms with Crippen LogP contribution < -0.4 is 4.74 Å². The highest BCUT2D eigenvalue weighted by Gasteiger charge is 2.02. The predicted molar refractivity (Wildman–Crippen MR) is 87.6 cm³/mol. The standard InChI is InChI=1S/C19H18O2/c1-4-15-7-10-17(11-8-15)18(20)12-9-16-6-5-14(2)19(13-16)21-3/h4-13H,1H2,2-3H3. The van der Waals surface area contributed by atoms with Gasteiger partial charge < -0.3 is 4.74 Å². The average molecular weight is 278 g/mol. The van der Waals surface area contributed by atoms with Gasteiger partial charge in [-0.1, -0.05) is 55.1 Å². The summed E-state index contributed by atoms with van der Waals surface area (Å²) in [7, 11) is 1.64. The van der Waals surface area contributed by atoms with E-state index in [2.05, 4.69) is 6.58 Å². The summed E-state index contributed by atoms with van der Waals surface area (Å²) >= 11 is 0. The summed E-state index contributed by atoms with van der Waals surface area (Å²) in [5.74, 6) is 0.796. The molecule has 0 bridgehead atoms. The minimum Gasteiger partial charge on any atom is -0.496 e. The van der Waals surface area contributed by atoms with Crippen LogP contribution in [0.25, 0.3) is 12.2 Å². The van der Waals surface area contributed by atoms with Crippen LogP contribution in [0.3, 0.4) is 0 Å². The van der Waals surface area contributed by atoms with Crippen molar-refractivity contribution in [3.8, 4) is 5.75 Å². The zero-order chi connectivity index (χ0) is 15.2. The van der Waals surface area contributed by atoms with Crippen LogP contribution in [-0.2, 0) is 0 Å². The minimum atomic E-state index is -0.0230. The first-order valence-electron chi connectivity index (χ1n) is 6.73. The highest BCUT2D eigenvalue weighted by Crippen LogP contribution is 2.20. The van der Waals surface area contributed by atoms with E-state index in [1.807, 2.05) is 37.3 Å². The van der Waals surface area contributed by atoms with E-state index in [0.29, 0.717) is 5.56 Å². The molecule has 2 nitrogen and oxygen atoms in total. The second-order valence-electron chi connectivity index (χ2n) is 4.75. The summed E-state index contributed by atoms with van der Waals surface area (Å²) in [5.41, 5.74) is 3.67. The molecule has 2 heteroatoms. The Morgan fingerprint density at radius 1 is 1.10 bits per heavy atom. The number of allylic oxidation sites excluding steroid dienone is 1. The van der Waals surface area contributed by atoms with E-state index in [1.54, 1.807) is 37.5 Å². The first-order valence-corrected chi connectivity index (χ1v) is 6.73. The van der Waals surface area contributed by atoms with Gasteiger partial charge in [0, 0.05) is 5.56 Å². The maximum absolute atomic E-state index is 12.1. The normalized spacial score (nSPS) is 10.6. The molecule has 0 saturated carbocycles. The molecule has 0 saturated heterocycles. The van der Waals surface area contributed by atoms with Gasteiger partial charge >= 0.3 is 0 Å². The second-order valence-corrected chi connectivity index (χ2v) is 4.75. The van der Waals surface area contributed by atoms with Crippen molar-refractivity contribution < 1.29 is 9.53 Å². The summed E-state index contributed by atoms with van der Waals surface area (Å²) in [6.07, 6.45) is 5.13. The van der Waals surface area contributed by atoms with Gasteiger partial charge in [0.2, 0.25) is 0 Å². The molecule has 2 aromatic carbocycles. The van der Waals surface area contributed by atoms with E-state index in [0.717, 1.165) is 22.4 Å². The van der Waals surface area contributed by atoms with Gasteiger partial charge in [0.25, 0.3) is 0 Å². The molecule has 0 aliphatic heterocycles. The fourth-order valence-corrected chi connectivity index (χ4v) is 1.99. The van der Waals surface area contributed by atoms with Gasteiger partial charge in [0.15, 0.2) is 5.78 Å². The quantitative estimate of drug-likeness (QED) is 0.592. The lowest BCUT2D eigenvalue weighted by molar-refractivity contribution is 0.104. The first kappa shape index (κ1) is 14.8. The van der Waals surface area contributed by atoms with E-state index < -0.39 is 0 Å². The number of ether oxygens (including phenoxy) is 1. The van der Waals surface area contributed by atoms with Gasteiger partial charge in [-0.05, 0) is 35.8 Å². The SMILES string of the molecule is C=Cc1ccc(C(=O)C=Cc2ccc(C)c(OC)c2)cc1. The molecule has 0 aliphatic carbocycles. The van der Waals surface area contributed by atoms with Gasteiger partial charge in [-0.15, -0.1) is 0 Å². The van der Waals surface area contributed by atoms with Crippen molar-refractivity contribution in [3.63, 3.8) is 0 Å². The van der Waals surface area contributed by atoms with Crippen molar-refractivity contribution in [2.24, 2.45) is 0 Å². The van der Waals surface area contributed by atoms with Crippen molar-refractivity contribution in [2.45, 2.75) is 6.92 Å². The smallest absolute Gasteiger partial charge is 0.185 e. The summed E-state index contributed by atoms with van der Waals surface area (Å²) < 4.78 is 5.27. The van der Waals surface area contributed by atoms with Gasteiger partial charge in [0.05, 0.1) is 7.11 Å². The number of carbonyl (C=O) groups excluding carboxylic acids is 1. The molecular formula is C19H18O2. The topological polar surface area (TPSA) is 26.3 Å². The third-order valence-corrected chi connectivity index (χ3v) is 3.29. The van der Waals surface area contributed by atoms with Crippen LogP contribution in [0, 0.1) is 6.92 Å². The molecule has 0 spiro atoms. The Morgan fingerprint density at radius 2 is 1.76 bits per heavy atom. The largest absolute Gasteiger partial charge is 0.496 e. The number of aryl methyl sites for hydroxylation is 1. The van der Waals surface area contributed by atoms with Gasteiger partial charge in [-0.25, -0.2) is 0 Å². The molecule has 2 rings (SSSR count). The molecule has 0 radical (unpaired) electrons. The van der Waals surface area contributed by atoms with Crippen LogP contribution in [0.4, 0.5) is 0 Å². The molecule has 0 fully saturated rings. The molecule has 0 aromatic heterocycles. The highest BCUT2D eigenvalue weighted by atomic mass is 16.5. The van der Waals surface area contributed by atoms with Crippen LogP contribution >= 0.6 is 0 Å². The zero-order valence-electron chi connectivity index (χ0n) is 12.3. The Morgan fingerprint density at radius 3 is 2.38 bits per heavy atom. The van der Waals surface area contributed by atoms with Crippen molar-refractivity contribution in [2.75, 3.05) is 7.11 Å². The predicted octanol–water partition coefficient (Wildman–Crippen LogP) is 4.54. The van der Waals surface area contributed by atoms with Crippen LogP contribution in [0.1, 0.15) is 27.0 Å². The first-order chi connectivity index (χ1) is 10.1. The summed E-state index contributed by atoms with van der Waals surface area (Å²) in [5, 5.41) is 0. The number of benzene rings is 2. The van der Waals surface area contributed by atoms with Crippen molar-refractivity contribution in [1.29, 1.82) is 0 Å². The third-order valence-electron chi connectivity index (χ3n) is 3.29. The average Bonchev–Trinajstić information content (AvgIpc) is 2.53. The second kappa shape index (κ2) is 6.71. The Labute approximate surface area is 125 Å². The van der Waals surface area contributed by atoms with Crippen LogP contribution in [0.15, 0.2) is 55.1 Å². The highest BCUT2D eigenvalue weighted by molar-refractivity contribution is 6.06. The number of rotatable bonds is 5. The monoisotopic (exact) mass is 278 g/mol. The van der Waals surface area contributed by atoms with Crippen LogP contribution in [0.5, 0.6) is 5.75 Å². The Hall–Kier alpha value is -2.61. The summed E-state index contributed by atoms with van der Waals surface area (Å²) in [6, 6.07) is 13.2. The number of hydrogen-bond donors (Lipinski definition) is 0. The third kappa shape index (κ3) is 3.69. The Kier molecular flexibility index (Phi) is 4.72. The molecule has 106 valence electrons. The molecule has 0 atom stereocenters. The fraction of sp³-hybridized carbons (Fsp3) is 0.105. The van der Waals surface area contributed by atoms with Crippen LogP contribution in [-0.4, -0.2) is 12.9 Å². The maximum atomic E-state index is 12.1. The van der Waals surface area contributed by atoms with Crippen molar-refractivity contribution >= 4 is 17.9 Å². The van der Waals surface area contributed by atoms with Crippen molar-refractivity contribution in [3.05, 3.63) is 77.4 Å². The summed E-state index contributed by atoms with van der Waals surface area (Å²) in [4.78, 5) is 12.1. The molecule has 2 aromatic rings. The number of hydrogen-bond acceptors (Lipinski definition) is 2. The van der Waals surface area contributed by atoms with E-state index >= 15 is 0 Å². The zero-order valence-corrected chi connectivity index (χ0v) is 12.3. The maximum Gasteiger partial charge on any atom is 0.185 e. The van der Waals surface area contributed by atoms with E-state index in [4.69, 9.17) is 4.74 Å². The molecule has 0 N–H and O–H groups in total. The number of methoxy groups -OCH3 is 1. The molecule has 0 unspecified atom stereocenters. The number of ketones is 1. The van der Waals surface area contributed by atoms with E-state index in [-0.39, 0.29) is 5.78 Å². The summed E-state index contributed by atoms with van der Waals surface area (Å²) in [6.45, 7) is 5.68. The lowest BCUT2D eigenvalue weighted by Gasteiger charge is -2.04. The molecule has 0 amide bonds.